The second kappa shape index (κ2) is 3.49. The zero-order valence-corrected chi connectivity index (χ0v) is 9.70. The van der Waals surface area contributed by atoms with Crippen LogP contribution < -0.4 is 5.73 Å². The number of nitrogen functional groups attached to an aromatic ring is 1. The minimum atomic E-state index is -0.440. The number of nitrogens with two attached hydrogens (primary N) is 1. The molecule has 0 aliphatic heterocycles. The molecule has 0 unspecified atom stereocenters. The first kappa shape index (κ1) is 10.2. The van der Waals surface area contributed by atoms with Gasteiger partial charge < -0.3 is 5.73 Å². The highest BCUT2D eigenvalue weighted by atomic mass is 32.1. The number of aryl methyl sites for hydroxylation is 1. The van der Waals surface area contributed by atoms with E-state index in [1.165, 1.54) is 17.4 Å². The number of halogens is 1. The predicted octanol–water partition coefficient (Wildman–Crippen LogP) is 1.88. The summed E-state index contributed by atoms with van der Waals surface area (Å²) in [5.41, 5.74) is 6.38. The lowest BCUT2D eigenvalue weighted by atomic mass is 10.2. The van der Waals surface area contributed by atoms with Gasteiger partial charge in [-0.2, -0.15) is 9.61 Å². The van der Waals surface area contributed by atoms with Crippen LogP contribution in [0.3, 0.4) is 0 Å². The maximum absolute atomic E-state index is 13.3. The molecule has 0 fully saturated rings. The highest BCUT2D eigenvalue weighted by molar-refractivity contribution is 7.19. The molecule has 17 heavy (non-hydrogen) atoms. The first-order valence-electron chi connectivity index (χ1n) is 4.90. The Hall–Kier alpha value is -2.02. The lowest BCUT2D eigenvalue weighted by Crippen LogP contribution is -1.95. The first-order chi connectivity index (χ1) is 8.16. The topological polar surface area (TPSA) is 69.1 Å². The van der Waals surface area contributed by atoms with E-state index in [1.54, 1.807) is 23.6 Å². The van der Waals surface area contributed by atoms with Crippen molar-refractivity contribution in [1.29, 1.82) is 0 Å². The largest absolute Gasteiger partial charge is 0.396 e. The van der Waals surface area contributed by atoms with Gasteiger partial charge in [-0.3, -0.25) is 0 Å². The fourth-order valence-corrected chi connectivity index (χ4v) is 2.47. The van der Waals surface area contributed by atoms with E-state index in [0.29, 0.717) is 21.4 Å². The molecule has 0 saturated carbocycles. The average Bonchev–Trinajstić information content (AvgIpc) is 2.85. The van der Waals surface area contributed by atoms with Crippen molar-refractivity contribution < 1.29 is 4.39 Å². The molecule has 5 nitrogen and oxygen atoms in total. The summed E-state index contributed by atoms with van der Waals surface area (Å²) in [5.74, 6) is 0.252. The van der Waals surface area contributed by atoms with Crippen molar-refractivity contribution in [1.82, 2.24) is 19.8 Å². The molecule has 2 heterocycles. The Morgan fingerprint density at radius 1 is 1.35 bits per heavy atom. The highest BCUT2D eigenvalue weighted by Gasteiger charge is 2.14. The van der Waals surface area contributed by atoms with E-state index in [-0.39, 0.29) is 5.69 Å². The van der Waals surface area contributed by atoms with Gasteiger partial charge in [0.1, 0.15) is 10.8 Å². The molecule has 2 aromatic heterocycles. The van der Waals surface area contributed by atoms with Crippen molar-refractivity contribution in [3.8, 4) is 10.6 Å². The molecule has 86 valence electrons. The SMILES string of the molecule is Cc1nnc2sc(-c3cccc(F)c3N)nn12. The number of hydrogen-bond acceptors (Lipinski definition) is 5. The first-order valence-corrected chi connectivity index (χ1v) is 5.71. The molecule has 0 bridgehead atoms. The summed E-state index contributed by atoms with van der Waals surface area (Å²) in [6, 6.07) is 4.67. The number of para-hydroxylation sites is 1. The summed E-state index contributed by atoms with van der Waals surface area (Å²) in [6.45, 7) is 1.80. The van der Waals surface area contributed by atoms with Crippen molar-refractivity contribution in [2.75, 3.05) is 5.73 Å². The van der Waals surface area contributed by atoms with Gasteiger partial charge in [0.15, 0.2) is 5.82 Å². The van der Waals surface area contributed by atoms with Gasteiger partial charge in [0, 0.05) is 5.56 Å². The van der Waals surface area contributed by atoms with Crippen LogP contribution in [0.2, 0.25) is 0 Å². The Morgan fingerprint density at radius 2 is 2.18 bits per heavy atom. The van der Waals surface area contributed by atoms with Crippen LogP contribution in [0.15, 0.2) is 18.2 Å². The van der Waals surface area contributed by atoms with Gasteiger partial charge in [-0.25, -0.2) is 4.39 Å². The van der Waals surface area contributed by atoms with E-state index in [9.17, 15) is 4.39 Å². The van der Waals surface area contributed by atoms with E-state index in [2.05, 4.69) is 15.3 Å². The molecule has 0 atom stereocenters. The zero-order valence-electron chi connectivity index (χ0n) is 8.88. The van der Waals surface area contributed by atoms with E-state index in [1.807, 2.05) is 0 Å². The minimum Gasteiger partial charge on any atom is -0.396 e. The number of hydrogen-bond donors (Lipinski definition) is 1. The lowest BCUT2D eigenvalue weighted by molar-refractivity contribution is 0.633. The third-order valence-corrected chi connectivity index (χ3v) is 3.36. The number of aromatic nitrogens is 4. The monoisotopic (exact) mass is 249 g/mol. The van der Waals surface area contributed by atoms with Crippen LogP contribution in [0.5, 0.6) is 0 Å². The Balaban J connectivity index is 2.23. The number of benzene rings is 1. The molecule has 0 spiro atoms. The van der Waals surface area contributed by atoms with Gasteiger partial charge in [-0.05, 0) is 19.1 Å². The van der Waals surface area contributed by atoms with Crippen LogP contribution in [0.4, 0.5) is 10.1 Å². The maximum atomic E-state index is 13.3. The van der Waals surface area contributed by atoms with Crippen molar-refractivity contribution in [2.24, 2.45) is 0 Å². The van der Waals surface area contributed by atoms with Gasteiger partial charge in [0.25, 0.3) is 0 Å². The van der Waals surface area contributed by atoms with E-state index in [0.717, 1.165) is 0 Å². The fraction of sp³-hybridized carbons (Fsp3) is 0.100. The van der Waals surface area contributed by atoms with E-state index in [4.69, 9.17) is 5.73 Å². The molecule has 0 radical (unpaired) electrons. The Labute approximate surface area is 99.7 Å². The summed E-state index contributed by atoms with van der Waals surface area (Å²) in [5, 5.41) is 12.8. The molecule has 0 aliphatic rings. The van der Waals surface area contributed by atoms with Gasteiger partial charge in [-0.15, -0.1) is 10.2 Å². The smallest absolute Gasteiger partial charge is 0.234 e. The van der Waals surface area contributed by atoms with Gasteiger partial charge in [0.2, 0.25) is 4.96 Å². The number of rotatable bonds is 1. The lowest BCUT2D eigenvalue weighted by Gasteiger charge is -2.01. The summed E-state index contributed by atoms with van der Waals surface area (Å²) in [6.07, 6.45) is 0. The third kappa shape index (κ3) is 1.47. The highest BCUT2D eigenvalue weighted by Crippen LogP contribution is 2.31. The predicted molar refractivity (Wildman–Crippen MR) is 63.2 cm³/mol. The van der Waals surface area contributed by atoms with Crippen LogP contribution in [0, 0.1) is 12.7 Å². The Kier molecular flexibility index (Phi) is 2.08. The second-order valence-corrected chi connectivity index (χ2v) is 4.51. The molecule has 0 saturated heterocycles. The summed E-state index contributed by atoms with van der Waals surface area (Å²) in [7, 11) is 0. The zero-order chi connectivity index (χ0) is 12.0. The van der Waals surface area contributed by atoms with Crippen molar-refractivity contribution in [3.63, 3.8) is 0 Å². The van der Waals surface area contributed by atoms with Crippen molar-refractivity contribution >= 4 is 22.0 Å². The second-order valence-electron chi connectivity index (χ2n) is 3.55. The number of anilines is 1. The average molecular weight is 249 g/mol. The van der Waals surface area contributed by atoms with Crippen LogP contribution in [-0.2, 0) is 0 Å². The van der Waals surface area contributed by atoms with Gasteiger partial charge >= 0.3 is 0 Å². The maximum Gasteiger partial charge on any atom is 0.234 e. The quantitative estimate of drug-likeness (QED) is 0.668. The van der Waals surface area contributed by atoms with Crippen LogP contribution >= 0.6 is 11.3 Å². The summed E-state index contributed by atoms with van der Waals surface area (Å²) < 4.78 is 15.0. The van der Waals surface area contributed by atoms with Crippen LogP contribution in [-0.4, -0.2) is 19.8 Å². The molecule has 0 amide bonds. The summed E-state index contributed by atoms with van der Waals surface area (Å²) in [4.78, 5) is 0.668. The third-order valence-electron chi connectivity index (χ3n) is 2.43. The number of nitrogens with zero attached hydrogens (tertiary/aromatic N) is 4. The van der Waals surface area contributed by atoms with Crippen molar-refractivity contribution in [2.45, 2.75) is 6.92 Å². The molecule has 7 heteroatoms. The Bertz CT molecular complexity index is 702. The molecule has 2 N–H and O–H groups in total. The van der Waals surface area contributed by atoms with E-state index < -0.39 is 5.82 Å². The molecule has 0 aliphatic carbocycles. The Morgan fingerprint density at radius 3 is 2.94 bits per heavy atom. The van der Waals surface area contributed by atoms with Gasteiger partial charge in [-0.1, -0.05) is 17.4 Å². The molecule has 1 aromatic carbocycles. The fourth-order valence-electron chi connectivity index (χ4n) is 1.55. The standard InChI is InChI=1S/C10H8FN5S/c1-5-13-14-10-16(5)15-9(17-10)6-3-2-4-7(11)8(6)12/h2-4H,12H2,1H3. The molecular weight excluding hydrogens is 241 g/mol. The van der Waals surface area contributed by atoms with Crippen LogP contribution in [0.25, 0.3) is 15.5 Å². The van der Waals surface area contributed by atoms with E-state index >= 15 is 0 Å². The minimum absolute atomic E-state index is 0.107. The van der Waals surface area contributed by atoms with Crippen LogP contribution in [0.1, 0.15) is 5.82 Å². The van der Waals surface area contributed by atoms with Gasteiger partial charge in [0.05, 0.1) is 5.69 Å². The molecular formula is C10H8FN5S. The molecule has 3 rings (SSSR count). The number of fused-ring (bicyclic) bond motifs is 1. The normalized spacial score (nSPS) is 11.2. The van der Waals surface area contributed by atoms with Crippen molar-refractivity contribution in [3.05, 3.63) is 29.8 Å². The summed E-state index contributed by atoms with van der Waals surface area (Å²) >= 11 is 1.33. The molecule has 3 aromatic rings.